The fraction of sp³-hybridized carbons (Fsp3) is 0.385. The predicted octanol–water partition coefficient (Wildman–Crippen LogP) is 2.29. The summed E-state index contributed by atoms with van der Waals surface area (Å²) in [5.74, 6) is -0.179. The van der Waals surface area contributed by atoms with Crippen LogP contribution in [0, 0.1) is 17.0 Å². The van der Waals surface area contributed by atoms with Gasteiger partial charge in [0.1, 0.15) is 5.69 Å². The van der Waals surface area contributed by atoms with Gasteiger partial charge in [0.15, 0.2) is 5.12 Å². The van der Waals surface area contributed by atoms with Gasteiger partial charge in [0.2, 0.25) is 5.91 Å². The molecule has 6 nitrogen and oxygen atoms in total. The van der Waals surface area contributed by atoms with Crippen molar-refractivity contribution in [3.63, 3.8) is 0 Å². The van der Waals surface area contributed by atoms with Crippen LogP contribution in [0.2, 0.25) is 0 Å². The summed E-state index contributed by atoms with van der Waals surface area (Å²) in [6.45, 7) is 3.52. The van der Waals surface area contributed by atoms with Gasteiger partial charge >= 0.3 is 0 Å². The number of hydrogen-bond acceptors (Lipinski definition) is 5. The number of thioether (sulfide) groups is 1. The standard InChI is InChI=1S/C13H14N2O4S/c1-8-4-3-5-11(15(18)19)13(8)14-7-10(6-12(14)17)20-9(2)16/h3-5,10H,6-7H2,1-2H3. The van der Waals surface area contributed by atoms with E-state index in [0.717, 1.165) is 11.8 Å². The van der Waals surface area contributed by atoms with Gasteiger partial charge < -0.3 is 4.90 Å². The third-order valence-corrected chi connectivity index (χ3v) is 4.09. The molecule has 1 aromatic rings. The lowest BCUT2D eigenvalue weighted by Gasteiger charge is -2.18. The number of nitrogens with zero attached hydrogens (tertiary/aromatic N) is 2. The maximum Gasteiger partial charge on any atom is 0.293 e. The highest BCUT2D eigenvalue weighted by molar-refractivity contribution is 8.14. The lowest BCUT2D eigenvalue weighted by Crippen LogP contribution is -2.26. The van der Waals surface area contributed by atoms with Gasteiger partial charge in [-0.25, -0.2) is 0 Å². The average molecular weight is 294 g/mol. The Bertz CT molecular complexity index is 588. The Morgan fingerprint density at radius 2 is 2.20 bits per heavy atom. The van der Waals surface area contributed by atoms with Gasteiger partial charge in [-0.05, 0) is 12.5 Å². The van der Waals surface area contributed by atoms with E-state index in [2.05, 4.69) is 0 Å². The number of amides is 1. The molecule has 1 saturated heterocycles. The molecule has 20 heavy (non-hydrogen) atoms. The van der Waals surface area contributed by atoms with Gasteiger partial charge in [0.05, 0.1) is 4.92 Å². The van der Waals surface area contributed by atoms with Crippen LogP contribution in [0.15, 0.2) is 18.2 Å². The molecule has 0 radical (unpaired) electrons. The smallest absolute Gasteiger partial charge is 0.293 e. The molecule has 0 spiro atoms. The fourth-order valence-electron chi connectivity index (χ4n) is 2.35. The molecule has 1 amide bonds. The third-order valence-electron chi connectivity index (χ3n) is 3.11. The average Bonchev–Trinajstić information content (AvgIpc) is 2.68. The fourth-order valence-corrected chi connectivity index (χ4v) is 3.27. The molecule has 1 aliphatic heterocycles. The number of anilines is 1. The highest BCUT2D eigenvalue weighted by Crippen LogP contribution is 2.36. The van der Waals surface area contributed by atoms with E-state index in [1.165, 1.54) is 17.9 Å². The lowest BCUT2D eigenvalue weighted by molar-refractivity contribution is -0.384. The number of benzene rings is 1. The molecule has 1 aromatic carbocycles. The van der Waals surface area contributed by atoms with E-state index in [1.807, 2.05) is 0 Å². The zero-order valence-corrected chi connectivity index (χ0v) is 12.0. The number of nitro benzene ring substituents is 1. The van der Waals surface area contributed by atoms with Crippen LogP contribution in [0.25, 0.3) is 0 Å². The van der Waals surface area contributed by atoms with Crippen molar-refractivity contribution in [2.45, 2.75) is 25.5 Å². The molecule has 7 heteroatoms. The molecular weight excluding hydrogens is 280 g/mol. The number of aryl methyl sites for hydroxylation is 1. The Morgan fingerprint density at radius 3 is 2.80 bits per heavy atom. The molecule has 1 heterocycles. The van der Waals surface area contributed by atoms with Crippen molar-refractivity contribution in [1.82, 2.24) is 0 Å². The second kappa shape index (κ2) is 5.62. The summed E-state index contributed by atoms with van der Waals surface area (Å²) in [5.41, 5.74) is 0.946. The van der Waals surface area contributed by atoms with Crippen LogP contribution >= 0.6 is 11.8 Å². The molecule has 1 atom stereocenters. The normalized spacial score (nSPS) is 18.4. The lowest BCUT2D eigenvalue weighted by atomic mass is 10.1. The number of rotatable bonds is 3. The zero-order chi connectivity index (χ0) is 14.9. The van der Waals surface area contributed by atoms with Crippen LogP contribution in [-0.4, -0.2) is 27.7 Å². The van der Waals surface area contributed by atoms with Crippen LogP contribution in [0.5, 0.6) is 0 Å². The summed E-state index contributed by atoms with van der Waals surface area (Å²) < 4.78 is 0. The van der Waals surface area contributed by atoms with Gasteiger partial charge in [-0.3, -0.25) is 19.7 Å². The summed E-state index contributed by atoms with van der Waals surface area (Å²) in [7, 11) is 0. The number of nitro groups is 1. The van der Waals surface area contributed by atoms with Crippen LogP contribution in [0.3, 0.4) is 0 Å². The van der Waals surface area contributed by atoms with Crippen LogP contribution < -0.4 is 4.90 Å². The van der Waals surface area contributed by atoms with E-state index in [1.54, 1.807) is 19.1 Å². The van der Waals surface area contributed by atoms with Crippen molar-refractivity contribution in [3.8, 4) is 0 Å². The summed E-state index contributed by atoms with van der Waals surface area (Å²) >= 11 is 1.11. The Hall–Kier alpha value is -1.89. The molecule has 0 N–H and O–H groups in total. The summed E-state index contributed by atoms with van der Waals surface area (Å²) in [6.07, 6.45) is 0.232. The van der Waals surface area contributed by atoms with Gasteiger partial charge in [-0.1, -0.05) is 23.9 Å². The summed E-state index contributed by atoms with van der Waals surface area (Å²) in [5, 5.41) is 10.9. The first kappa shape index (κ1) is 14.5. The van der Waals surface area contributed by atoms with E-state index in [0.29, 0.717) is 17.8 Å². The topological polar surface area (TPSA) is 80.5 Å². The monoisotopic (exact) mass is 294 g/mol. The number of carbonyl (C=O) groups is 2. The van der Waals surface area contributed by atoms with Gasteiger partial charge in [-0.15, -0.1) is 0 Å². The molecule has 0 aromatic heterocycles. The largest absolute Gasteiger partial charge is 0.305 e. The summed E-state index contributed by atoms with van der Waals surface area (Å²) in [6, 6.07) is 4.72. The van der Waals surface area contributed by atoms with E-state index in [-0.39, 0.29) is 28.4 Å². The molecule has 1 unspecified atom stereocenters. The van der Waals surface area contributed by atoms with E-state index in [4.69, 9.17) is 0 Å². The Morgan fingerprint density at radius 1 is 1.50 bits per heavy atom. The van der Waals surface area contributed by atoms with Crippen molar-refractivity contribution in [2.75, 3.05) is 11.4 Å². The zero-order valence-electron chi connectivity index (χ0n) is 11.2. The van der Waals surface area contributed by atoms with Crippen LogP contribution in [0.4, 0.5) is 11.4 Å². The number of para-hydroxylation sites is 1. The molecule has 0 saturated carbocycles. The van der Waals surface area contributed by atoms with Gasteiger partial charge in [0, 0.05) is 31.2 Å². The minimum Gasteiger partial charge on any atom is -0.305 e. The highest BCUT2D eigenvalue weighted by Gasteiger charge is 2.35. The molecule has 1 fully saturated rings. The first-order valence-corrected chi connectivity index (χ1v) is 6.99. The Labute approximate surface area is 120 Å². The quantitative estimate of drug-likeness (QED) is 0.631. The number of hydrogen-bond donors (Lipinski definition) is 0. The first-order valence-electron chi connectivity index (χ1n) is 6.11. The van der Waals surface area contributed by atoms with Crippen LogP contribution in [-0.2, 0) is 9.59 Å². The molecule has 0 bridgehead atoms. The minimum absolute atomic E-state index is 0.0519. The second-order valence-corrected chi connectivity index (χ2v) is 6.12. The highest BCUT2D eigenvalue weighted by atomic mass is 32.2. The van der Waals surface area contributed by atoms with Crippen molar-refractivity contribution >= 4 is 34.2 Å². The minimum atomic E-state index is -0.485. The van der Waals surface area contributed by atoms with Crippen molar-refractivity contribution in [1.29, 1.82) is 0 Å². The third kappa shape index (κ3) is 2.82. The van der Waals surface area contributed by atoms with Crippen LogP contribution in [0.1, 0.15) is 18.9 Å². The van der Waals surface area contributed by atoms with Gasteiger partial charge in [0.25, 0.3) is 5.69 Å². The second-order valence-electron chi connectivity index (χ2n) is 4.64. The summed E-state index contributed by atoms with van der Waals surface area (Å²) in [4.78, 5) is 35.2. The van der Waals surface area contributed by atoms with Crippen molar-refractivity contribution in [2.24, 2.45) is 0 Å². The van der Waals surface area contributed by atoms with Crippen molar-refractivity contribution in [3.05, 3.63) is 33.9 Å². The molecule has 2 rings (SSSR count). The number of carbonyl (C=O) groups excluding carboxylic acids is 2. The van der Waals surface area contributed by atoms with Crippen molar-refractivity contribution < 1.29 is 14.5 Å². The molecule has 106 valence electrons. The molecular formula is C13H14N2O4S. The van der Waals surface area contributed by atoms with Gasteiger partial charge in [-0.2, -0.15) is 0 Å². The van der Waals surface area contributed by atoms with E-state index >= 15 is 0 Å². The van der Waals surface area contributed by atoms with E-state index in [9.17, 15) is 19.7 Å². The Balaban J connectivity index is 2.35. The maximum atomic E-state index is 12.1. The predicted molar refractivity (Wildman–Crippen MR) is 76.9 cm³/mol. The molecule has 0 aliphatic carbocycles. The Kier molecular flexibility index (Phi) is 4.08. The first-order chi connectivity index (χ1) is 9.40. The maximum absolute atomic E-state index is 12.1. The SMILES string of the molecule is CC(=O)SC1CC(=O)N(c2c(C)cccc2[N+](=O)[O-])C1. The molecule has 1 aliphatic rings. The van der Waals surface area contributed by atoms with E-state index < -0.39 is 4.92 Å².